The maximum atomic E-state index is 5.96. The standard InChI is InChI=1S/C6H6Cl5/c1-2-3-4(7)5(8,9)6(4,10)11/h1-3H2. The zero-order valence-corrected chi connectivity index (χ0v) is 9.29. The summed E-state index contributed by atoms with van der Waals surface area (Å²) in [4.78, 5) is -0.937. The van der Waals surface area contributed by atoms with Gasteiger partial charge in [0.2, 0.25) is 0 Å². The first-order chi connectivity index (χ1) is 4.81. The average molecular weight is 255 g/mol. The molecule has 0 heterocycles. The molecule has 65 valence electrons. The van der Waals surface area contributed by atoms with Crippen LogP contribution >= 0.6 is 58.0 Å². The van der Waals surface area contributed by atoms with Gasteiger partial charge in [0.25, 0.3) is 0 Å². The van der Waals surface area contributed by atoms with Crippen molar-refractivity contribution in [2.45, 2.75) is 26.4 Å². The van der Waals surface area contributed by atoms with Crippen molar-refractivity contribution in [2.75, 3.05) is 0 Å². The second-order valence-electron chi connectivity index (χ2n) is 2.55. The Labute approximate surface area is 91.1 Å². The highest BCUT2D eigenvalue weighted by Gasteiger charge is 2.86. The van der Waals surface area contributed by atoms with E-state index in [0.29, 0.717) is 12.8 Å². The van der Waals surface area contributed by atoms with E-state index in [0.717, 1.165) is 0 Å². The fourth-order valence-electron chi connectivity index (χ4n) is 0.996. The molecule has 0 aromatic heterocycles. The molecule has 0 nitrogen and oxygen atoms in total. The third kappa shape index (κ3) is 1.10. The van der Waals surface area contributed by atoms with Gasteiger partial charge >= 0.3 is 0 Å². The van der Waals surface area contributed by atoms with Gasteiger partial charge in [-0.1, -0.05) is 59.7 Å². The van der Waals surface area contributed by atoms with Crippen LogP contribution in [0.2, 0.25) is 0 Å². The van der Waals surface area contributed by atoms with Gasteiger partial charge in [-0.25, -0.2) is 0 Å². The minimum atomic E-state index is -1.25. The molecule has 1 saturated carbocycles. The van der Waals surface area contributed by atoms with E-state index in [1.54, 1.807) is 0 Å². The fourth-order valence-corrected chi connectivity index (χ4v) is 3.15. The van der Waals surface area contributed by atoms with E-state index < -0.39 is 13.5 Å². The highest BCUT2D eigenvalue weighted by atomic mass is 35.5. The van der Waals surface area contributed by atoms with Gasteiger partial charge in [0.05, 0.1) is 0 Å². The molecule has 0 atom stereocenters. The first-order valence-electron chi connectivity index (χ1n) is 3.05. The quantitative estimate of drug-likeness (QED) is 0.656. The number of alkyl halides is 5. The molecule has 0 aromatic carbocycles. The Hall–Kier alpha value is 1.45. The molecular formula is C6H6Cl5. The summed E-state index contributed by atoms with van der Waals surface area (Å²) in [6.07, 6.45) is 1.11. The van der Waals surface area contributed by atoms with Crippen molar-refractivity contribution in [3.8, 4) is 0 Å². The van der Waals surface area contributed by atoms with Crippen LogP contribution in [0.25, 0.3) is 0 Å². The number of hydrogen-bond acceptors (Lipinski definition) is 0. The van der Waals surface area contributed by atoms with E-state index in [1.165, 1.54) is 0 Å². The normalized spacial score (nSPS) is 30.0. The van der Waals surface area contributed by atoms with E-state index in [-0.39, 0.29) is 0 Å². The second kappa shape index (κ2) is 2.72. The van der Waals surface area contributed by atoms with Crippen LogP contribution in [0.15, 0.2) is 0 Å². The van der Waals surface area contributed by atoms with Crippen molar-refractivity contribution in [3.63, 3.8) is 0 Å². The average Bonchev–Trinajstić information content (AvgIpc) is 2.12. The van der Waals surface area contributed by atoms with Gasteiger partial charge in [-0.2, -0.15) is 0 Å². The van der Waals surface area contributed by atoms with Crippen molar-refractivity contribution in [1.82, 2.24) is 0 Å². The van der Waals surface area contributed by atoms with E-state index in [1.807, 2.05) is 0 Å². The van der Waals surface area contributed by atoms with Gasteiger partial charge in [-0.15, -0.1) is 11.6 Å². The lowest BCUT2D eigenvalue weighted by molar-refractivity contribution is 0.760. The van der Waals surface area contributed by atoms with Crippen LogP contribution in [0.5, 0.6) is 0 Å². The Balaban J connectivity index is 2.78. The van der Waals surface area contributed by atoms with E-state index >= 15 is 0 Å². The van der Waals surface area contributed by atoms with Crippen LogP contribution in [0.3, 0.4) is 0 Å². The van der Waals surface area contributed by atoms with Crippen LogP contribution in [0.4, 0.5) is 0 Å². The highest BCUT2D eigenvalue weighted by molar-refractivity contribution is 6.75. The minimum absolute atomic E-state index is 0.508. The predicted octanol–water partition coefficient (Wildman–Crippen LogP) is 3.94. The topological polar surface area (TPSA) is 0 Å². The molecule has 1 radical (unpaired) electrons. The fraction of sp³-hybridized carbons (Fsp3) is 0.833. The molecule has 1 fully saturated rings. The first kappa shape index (κ1) is 10.5. The lowest BCUT2D eigenvalue weighted by Gasteiger charge is -2.05. The van der Waals surface area contributed by atoms with Gasteiger partial charge in [0, 0.05) is 0 Å². The van der Waals surface area contributed by atoms with Gasteiger partial charge in [-0.3, -0.25) is 0 Å². The van der Waals surface area contributed by atoms with E-state index in [9.17, 15) is 0 Å². The lowest BCUT2D eigenvalue weighted by atomic mass is 10.2. The summed E-state index contributed by atoms with van der Waals surface area (Å²) in [6.45, 7) is 3.62. The van der Waals surface area contributed by atoms with Crippen LogP contribution in [-0.4, -0.2) is 13.5 Å². The largest absolute Gasteiger partial charge is 0.174 e. The van der Waals surface area contributed by atoms with Gasteiger partial charge in [0.15, 0.2) is 8.67 Å². The van der Waals surface area contributed by atoms with Crippen molar-refractivity contribution >= 4 is 58.0 Å². The minimum Gasteiger partial charge on any atom is -0.112 e. The van der Waals surface area contributed by atoms with Crippen molar-refractivity contribution in [2.24, 2.45) is 0 Å². The molecule has 5 heteroatoms. The molecule has 0 amide bonds. The smallest absolute Gasteiger partial charge is 0.112 e. The van der Waals surface area contributed by atoms with Crippen LogP contribution < -0.4 is 0 Å². The summed E-state index contributed by atoms with van der Waals surface area (Å²) in [5, 5.41) is 0. The first-order valence-corrected chi connectivity index (χ1v) is 4.94. The molecule has 11 heavy (non-hydrogen) atoms. The van der Waals surface area contributed by atoms with Gasteiger partial charge in [-0.05, 0) is 6.42 Å². The molecule has 0 aliphatic heterocycles. The third-order valence-corrected chi connectivity index (χ3v) is 5.80. The Morgan fingerprint density at radius 2 is 1.27 bits per heavy atom. The Kier molecular flexibility index (Phi) is 2.60. The molecule has 0 spiro atoms. The summed E-state index contributed by atoms with van der Waals surface area (Å²) in [6, 6.07) is 0. The second-order valence-corrected chi connectivity index (χ2v) is 5.85. The molecule has 0 saturated heterocycles. The lowest BCUT2D eigenvalue weighted by Crippen LogP contribution is -2.09. The summed E-state index contributed by atoms with van der Waals surface area (Å²) >= 11 is 29.0. The molecular weight excluding hydrogens is 249 g/mol. The van der Waals surface area contributed by atoms with Crippen LogP contribution in [0.1, 0.15) is 12.8 Å². The van der Waals surface area contributed by atoms with Crippen LogP contribution in [-0.2, 0) is 0 Å². The zero-order valence-electron chi connectivity index (χ0n) is 5.51. The summed E-state index contributed by atoms with van der Waals surface area (Å²) in [5.41, 5.74) is 0. The van der Waals surface area contributed by atoms with Crippen molar-refractivity contribution < 1.29 is 0 Å². The summed E-state index contributed by atoms with van der Waals surface area (Å²) in [7, 11) is 0. The molecule has 1 rings (SSSR count). The maximum absolute atomic E-state index is 5.96. The molecule has 0 aromatic rings. The zero-order chi connectivity index (χ0) is 8.91. The van der Waals surface area contributed by atoms with Crippen molar-refractivity contribution in [3.05, 3.63) is 6.92 Å². The SMILES string of the molecule is [CH2]CCC1(Cl)C(Cl)(Cl)C1(Cl)Cl. The molecule has 0 N–H and O–H groups in total. The van der Waals surface area contributed by atoms with E-state index in [4.69, 9.17) is 58.0 Å². The highest BCUT2D eigenvalue weighted by Crippen LogP contribution is 2.76. The maximum Gasteiger partial charge on any atom is 0.174 e. The number of halogens is 5. The van der Waals surface area contributed by atoms with Crippen molar-refractivity contribution in [1.29, 1.82) is 0 Å². The third-order valence-electron chi connectivity index (χ3n) is 1.85. The Bertz CT molecular complexity index is 160. The predicted molar refractivity (Wildman–Crippen MR) is 52.0 cm³/mol. The molecule has 1 aliphatic carbocycles. The van der Waals surface area contributed by atoms with Gasteiger partial charge in [0.1, 0.15) is 4.87 Å². The Morgan fingerprint density at radius 3 is 1.36 bits per heavy atom. The molecule has 0 unspecified atom stereocenters. The van der Waals surface area contributed by atoms with E-state index in [2.05, 4.69) is 6.92 Å². The van der Waals surface area contributed by atoms with Crippen LogP contribution in [0, 0.1) is 6.92 Å². The summed E-state index contributed by atoms with van der Waals surface area (Å²) in [5.74, 6) is 0. The van der Waals surface area contributed by atoms with Gasteiger partial charge < -0.3 is 0 Å². The Morgan fingerprint density at radius 1 is 0.909 bits per heavy atom. The summed E-state index contributed by atoms with van der Waals surface area (Å²) < 4.78 is -2.50. The monoisotopic (exact) mass is 253 g/mol. The number of hydrogen-bond donors (Lipinski definition) is 0. The molecule has 1 aliphatic rings. The number of rotatable bonds is 2. The molecule has 0 bridgehead atoms.